The Morgan fingerprint density at radius 1 is 1.04 bits per heavy atom. The van der Waals surface area contributed by atoms with Crippen LogP contribution >= 0.6 is 11.3 Å². The fourth-order valence-electron chi connectivity index (χ4n) is 2.38. The monoisotopic (exact) mass is 340 g/mol. The molecule has 0 bridgehead atoms. The Bertz CT molecular complexity index is 474. The molecule has 0 radical (unpaired) electrons. The SMILES string of the molecule is CCCCCCCCCCCNC(=O)Nc1ccsc1C(=O)O. The highest BCUT2D eigenvalue weighted by Gasteiger charge is 2.13. The van der Waals surface area contributed by atoms with E-state index in [1.807, 2.05) is 0 Å². The van der Waals surface area contributed by atoms with E-state index >= 15 is 0 Å². The lowest BCUT2D eigenvalue weighted by Crippen LogP contribution is -2.29. The second-order valence-corrected chi connectivity index (χ2v) is 6.59. The largest absolute Gasteiger partial charge is 0.477 e. The molecule has 1 rings (SSSR count). The second-order valence-electron chi connectivity index (χ2n) is 5.68. The van der Waals surface area contributed by atoms with Crippen LogP contribution < -0.4 is 10.6 Å². The van der Waals surface area contributed by atoms with Crippen molar-refractivity contribution in [2.24, 2.45) is 0 Å². The average molecular weight is 340 g/mol. The molecule has 2 amide bonds. The Balaban J connectivity index is 2.02. The molecule has 0 saturated carbocycles. The van der Waals surface area contributed by atoms with E-state index in [2.05, 4.69) is 17.6 Å². The summed E-state index contributed by atoms with van der Waals surface area (Å²) in [5.74, 6) is -1.02. The molecule has 0 saturated heterocycles. The summed E-state index contributed by atoms with van der Waals surface area (Å²) < 4.78 is 0. The first-order valence-corrected chi connectivity index (χ1v) is 9.38. The van der Waals surface area contributed by atoms with Crippen LogP contribution in [-0.4, -0.2) is 23.7 Å². The molecule has 3 N–H and O–H groups in total. The molecule has 0 aromatic carbocycles. The first-order valence-electron chi connectivity index (χ1n) is 8.50. The van der Waals surface area contributed by atoms with Crippen LogP contribution in [0.15, 0.2) is 11.4 Å². The molecule has 0 unspecified atom stereocenters. The number of thiophene rings is 1. The number of carboxylic acid groups (broad SMARTS) is 1. The minimum absolute atomic E-state index is 0.156. The number of rotatable bonds is 12. The Hall–Kier alpha value is -1.56. The number of aromatic carboxylic acids is 1. The van der Waals surface area contributed by atoms with Crippen LogP contribution in [0.25, 0.3) is 0 Å². The zero-order valence-corrected chi connectivity index (χ0v) is 14.7. The lowest BCUT2D eigenvalue weighted by Gasteiger charge is -2.07. The Kier molecular flexibility index (Phi) is 10.1. The van der Waals surface area contributed by atoms with E-state index in [9.17, 15) is 9.59 Å². The summed E-state index contributed by atoms with van der Waals surface area (Å²) in [5.41, 5.74) is 0.354. The average Bonchev–Trinajstić information content (AvgIpc) is 2.97. The van der Waals surface area contributed by atoms with Crippen molar-refractivity contribution < 1.29 is 14.7 Å². The predicted molar refractivity (Wildman–Crippen MR) is 95.5 cm³/mol. The molecule has 5 nitrogen and oxygen atoms in total. The van der Waals surface area contributed by atoms with Gasteiger partial charge in [-0.1, -0.05) is 58.3 Å². The number of anilines is 1. The highest BCUT2D eigenvalue weighted by molar-refractivity contribution is 7.12. The van der Waals surface area contributed by atoms with Gasteiger partial charge in [0.15, 0.2) is 0 Å². The first-order chi connectivity index (χ1) is 11.1. The summed E-state index contributed by atoms with van der Waals surface area (Å²) in [6.07, 6.45) is 11.2. The smallest absolute Gasteiger partial charge is 0.348 e. The van der Waals surface area contributed by atoms with Gasteiger partial charge in [-0.15, -0.1) is 11.3 Å². The predicted octanol–water partition coefficient (Wildman–Crippen LogP) is 5.10. The Morgan fingerprint density at radius 2 is 1.65 bits per heavy atom. The molecule has 0 aliphatic heterocycles. The first kappa shape index (κ1) is 19.5. The number of hydrogen-bond acceptors (Lipinski definition) is 3. The summed E-state index contributed by atoms with van der Waals surface area (Å²) >= 11 is 1.10. The maximum absolute atomic E-state index is 11.7. The van der Waals surface area contributed by atoms with Crippen LogP contribution in [0.1, 0.15) is 74.4 Å². The normalized spacial score (nSPS) is 10.5. The van der Waals surface area contributed by atoms with Gasteiger partial charge in [0.25, 0.3) is 0 Å². The summed E-state index contributed by atoms with van der Waals surface area (Å²) in [6.45, 7) is 2.85. The van der Waals surface area contributed by atoms with Crippen LogP contribution in [0.5, 0.6) is 0 Å². The van der Waals surface area contributed by atoms with Crippen LogP contribution in [0, 0.1) is 0 Å². The second kappa shape index (κ2) is 11.9. The van der Waals surface area contributed by atoms with Crippen LogP contribution in [-0.2, 0) is 0 Å². The maximum atomic E-state index is 11.7. The minimum atomic E-state index is -1.02. The van der Waals surface area contributed by atoms with Crippen LogP contribution in [0.2, 0.25) is 0 Å². The number of nitrogens with one attached hydrogen (secondary N) is 2. The van der Waals surface area contributed by atoms with Crippen molar-refractivity contribution in [3.63, 3.8) is 0 Å². The molecule has 1 aromatic rings. The number of carbonyl (C=O) groups excluding carboxylic acids is 1. The number of hydrogen-bond donors (Lipinski definition) is 3. The van der Waals surface area contributed by atoms with E-state index in [0.29, 0.717) is 12.2 Å². The Morgan fingerprint density at radius 3 is 2.26 bits per heavy atom. The van der Waals surface area contributed by atoms with Gasteiger partial charge in [0.05, 0.1) is 5.69 Å². The Labute approximate surface area is 142 Å². The molecule has 1 aromatic heterocycles. The molecule has 23 heavy (non-hydrogen) atoms. The summed E-state index contributed by atoms with van der Waals surface area (Å²) in [6, 6.07) is 1.26. The van der Waals surface area contributed by atoms with E-state index in [1.165, 1.54) is 44.9 Å². The summed E-state index contributed by atoms with van der Waals surface area (Å²) in [4.78, 5) is 22.8. The quantitative estimate of drug-likeness (QED) is 0.463. The zero-order valence-electron chi connectivity index (χ0n) is 13.9. The number of urea groups is 1. The number of carbonyl (C=O) groups is 2. The third-order valence-corrected chi connectivity index (χ3v) is 4.58. The molecule has 0 spiro atoms. The molecular weight excluding hydrogens is 312 g/mol. The minimum Gasteiger partial charge on any atom is -0.477 e. The molecule has 0 atom stereocenters. The van der Waals surface area contributed by atoms with Crippen LogP contribution in [0.4, 0.5) is 10.5 Å². The third-order valence-electron chi connectivity index (χ3n) is 3.67. The number of unbranched alkanes of at least 4 members (excludes halogenated alkanes) is 8. The van der Waals surface area contributed by atoms with Crippen molar-refractivity contribution in [3.05, 3.63) is 16.3 Å². The lowest BCUT2D eigenvalue weighted by atomic mass is 10.1. The van der Waals surface area contributed by atoms with Crippen molar-refractivity contribution in [3.8, 4) is 0 Å². The van der Waals surface area contributed by atoms with Crippen LogP contribution in [0.3, 0.4) is 0 Å². The topological polar surface area (TPSA) is 78.4 Å². The van der Waals surface area contributed by atoms with Crippen molar-refractivity contribution in [2.45, 2.75) is 64.7 Å². The van der Waals surface area contributed by atoms with Gasteiger partial charge in [-0.2, -0.15) is 0 Å². The molecule has 1 heterocycles. The van der Waals surface area contributed by atoms with Crippen molar-refractivity contribution >= 4 is 29.0 Å². The van der Waals surface area contributed by atoms with Gasteiger partial charge in [0.2, 0.25) is 0 Å². The molecule has 130 valence electrons. The molecule has 0 fully saturated rings. The number of carboxylic acids is 1. The van der Waals surface area contributed by atoms with E-state index in [4.69, 9.17) is 5.11 Å². The van der Waals surface area contributed by atoms with Gasteiger partial charge >= 0.3 is 12.0 Å². The van der Waals surface area contributed by atoms with E-state index in [1.54, 1.807) is 11.4 Å². The van der Waals surface area contributed by atoms with Crippen molar-refractivity contribution in [1.29, 1.82) is 0 Å². The van der Waals surface area contributed by atoms with Gasteiger partial charge in [-0.05, 0) is 17.9 Å². The third kappa shape index (κ3) is 8.59. The van der Waals surface area contributed by atoms with Gasteiger partial charge in [-0.25, -0.2) is 9.59 Å². The highest BCUT2D eigenvalue weighted by Crippen LogP contribution is 2.21. The molecule has 0 aliphatic rings. The fraction of sp³-hybridized carbons (Fsp3) is 0.647. The van der Waals surface area contributed by atoms with E-state index in [-0.39, 0.29) is 10.9 Å². The maximum Gasteiger partial charge on any atom is 0.348 e. The van der Waals surface area contributed by atoms with Crippen molar-refractivity contribution in [1.82, 2.24) is 5.32 Å². The molecule has 6 heteroatoms. The van der Waals surface area contributed by atoms with E-state index < -0.39 is 5.97 Å². The van der Waals surface area contributed by atoms with Gasteiger partial charge in [-0.3, -0.25) is 0 Å². The van der Waals surface area contributed by atoms with Gasteiger partial charge in [0, 0.05) is 6.54 Å². The molecular formula is C17H28N2O3S. The van der Waals surface area contributed by atoms with E-state index in [0.717, 1.165) is 24.2 Å². The lowest BCUT2D eigenvalue weighted by molar-refractivity contribution is 0.0703. The summed E-state index contributed by atoms with van der Waals surface area (Å²) in [7, 11) is 0. The zero-order chi connectivity index (χ0) is 16.9. The molecule has 0 aliphatic carbocycles. The number of amides is 2. The summed E-state index contributed by atoms with van der Waals surface area (Å²) in [5, 5.41) is 16.0. The van der Waals surface area contributed by atoms with Gasteiger partial charge in [0.1, 0.15) is 4.88 Å². The van der Waals surface area contributed by atoms with Gasteiger partial charge < -0.3 is 15.7 Å². The highest BCUT2D eigenvalue weighted by atomic mass is 32.1. The standard InChI is InChI=1S/C17H28N2O3S/c1-2-3-4-5-6-7-8-9-10-12-18-17(22)19-14-11-13-23-15(14)16(20)21/h11,13H,2-10,12H2,1H3,(H,20,21)(H2,18,19,22). The van der Waals surface area contributed by atoms with Crippen molar-refractivity contribution in [2.75, 3.05) is 11.9 Å². The fourth-order valence-corrected chi connectivity index (χ4v) is 3.06.